The number of halogens is 3. The molecule has 0 aliphatic rings. The molecule has 0 atom stereocenters. The maximum atomic E-state index is 11.8. The molecule has 0 radical (unpaired) electrons. The molecule has 0 aromatic carbocycles. The van der Waals surface area contributed by atoms with Gasteiger partial charge >= 0.3 is 6.18 Å². The van der Waals surface area contributed by atoms with Gasteiger partial charge in [-0.1, -0.05) is 6.07 Å². The molecule has 16 heavy (non-hydrogen) atoms. The summed E-state index contributed by atoms with van der Waals surface area (Å²) in [6.45, 7) is 0. The topological polar surface area (TPSA) is 37.3 Å². The molecule has 1 aromatic rings. The average Bonchev–Trinajstić information content (AvgIpc) is 2.65. The number of thiophene rings is 1. The minimum absolute atomic E-state index is 0.143. The van der Waals surface area contributed by atoms with Crippen molar-refractivity contribution in [3.8, 4) is 0 Å². The maximum Gasteiger partial charge on any atom is 0.454 e. The SMILES string of the molecule is O=C(C=C(O)C=Cc1cccs1)C(F)(F)F. The molecule has 86 valence electrons. The van der Waals surface area contributed by atoms with Gasteiger partial charge in [0.2, 0.25) is 0 Å². The molecule has 6 heteroatoms. The molecule has 0 aliphatic heterocycles. The van der Waals surface area contributed by atoms with Gasteiger partial charge in [0.25, 0.3) is 5.78 Å². The highest BCUT2D eigenvalue weighted by Gasteiger charge is 2.36. The van der Waals surface area contributed by atoms with Crippen LogP contribution in [-0.2, 0) is 4.79 Å². The minimum Gasteiger partial charge on any atom is -0.508 e. The summed E-state index contributed by atoms with van der Waals surface area (Å²) in [6.07, 6.45) is -2.36. The van der Waals surface area contributed by atoms with E-state index in [-0.39, 0.29) is 6.08 Å². The van der Waals surface area contributed by atoms with E-state index in [1.165, 1.54) is 17.4 Å². The normalized spacial score (nSPS) is 13.3. The Labute approximate surface area is 93.3 Å². The van der Waals surface area contributed by atoms with Crippen molar-refractivity contribution in [1.29, 1.82) is 0 Å². The maximum absolute atomic E-state index is 11.8. The first kappa shape index (κ1) is 12.5. The highest BCUT2D eigenvalue weighted by Crippen LogP contribution is 2.17. The van der Waals surface area contributed by atoms with Gasteiger partial charge in [-0.05, 0) is 23.6 Å². The molecule has 0 spiro atoms. The lowest BCUT2D eigenvalue weighted by molar-refractivity contribution is -0.165. The van der Waals surface area contributed by atoms with E-state index in [1.54, 1.807) is 17.5 Å². The van der Waals surface area contributed by atoms with E-state index in [0.29, 0.717) is 0 Å². The first-order valence-corrected chi connectivity index (χ1v) is 5.01. The molecule has 1 N–H and O–H groups in total. The summed E-state index contributed by atoms with van der Waals surface area (Å²) in [4.78, 5) is 11.2. The number of hydrogen-bond donors (Lipinski definition) is 1. The predicted octanol–water partition coefficient (Wildman–Crippen LogP) is 3.33. The Morgan fingerprint density at radius 1 is 1.44 bits per heavy atom. The van der Waals surface area contributed by atoms with Crippen LogP contribution in [0.1, 0.15) is 4.88 Å². The van der Waals surface area contributed by atoms with Crippen LogP contribution in [-0.4, -0.2) is 17.1 Å². The molecular weight excluding hydrogens is 241 g/mol. The van der Waals surface area contributed by atoms with Gasteiger partial charge in [0.05, 0.1) is 0 Å². The van der Waals surface area contributed by atoms with Gasteiger partial charge in [-0.2, -0.15) is 13.2 Å². The summed E-state index contributed by atoms with van der Waals surface area (Å²) >= 11 is 1.36. The first-order valence-electron chi connectivity index (χ1n) is 4.13. The third-order valence-corrected chi connectivity index (χ3v) is 2.36. The first-order chi connectivity index (χ1) is 7.39. The van der Waals surface area contributed by atoms with Crippen LogP contribution < -0.4 is 0 Å². The number of aliphatic hydroxyl groups excluding tert-OH is 1. The van der Waals surface area contributed by atoms with Crippen molar-refractivity contribution in [1.82, 2.24) is 0 Å². The second kappa shape index (κ2) is 4.98. The van der Waals surface area contributed by atoms with E-state index in [4.69, 9.17) is 5.11 Å². The fourth-order valence-electron chi connectivity index (χ4n) is 0.818. The van der Waals surface area contributed by atoms with Crippen molar-refractivity contribution in [3.63, 3.8) is 0 Å². The Morgan fingerprint density at radius 2 is 2.12 bits per heavy atom. The number of aliphatic hydroxyl groups is 1. The Bertz CT molecular complexity index is 416. The number of ketones is 1. The monoisotopic (exact) mass is 248 g/mol. The predicted molar refractivity (Wildman–Crippen MR) is 55.1 cm³/mol. The lowest BCUT2D eigenvalue weighted by atomic mass is 10.3. The molecule has 0 fully saturated rings. The minimum atomic E-state index is -4.95. The fraction of sp³-hybridized carbons (Fsp3) is 0.100. The van der Waals surface area contributed by atoms with Crippen molar-refractivity contribution in [2.75, 3.05) is 0 Å². The Kier molecular flexibility index (Phi) is 3.89. The Balaban J connectivity index is 2.69. The second-order valence-corrected chi connectivity index (χ2v) is 3.76. The van der Waals surface area contributed by atoms with E-state index >= 15 is 0 Å². The van der Waals surface area contributed by atoms with Crippen molar-refractivity contribution in [3.05, 3.63) is 40.3 Å². The van der Waals surface area contributed by atoms with Crippen LogP contribution in [0.4, 0.5) is 13.2 Å². The quantitative estimate of drug-likeness (QED) is 0.506. The van der Waals surface area contributed by atoms with Crippen molar-refractivity contribution in [2.45, 2.75) is 6.18 Å². The van der Waals surface area contributed by atoms with Crippen LogP contribution in [0.5, 0.6) is 0 Å². The smallest absolute Gasteiger partial charge is 0.454 e. The molecule has 0 unspecified atom stereocenters. The van der Waals surface area contributed by atoms with E-state index in [2.05, 4.69) is 0 Å². The summed E-state index contributed by atoms with van der Waals surface area (Å²) in [6, 6.07) is 3.48. The van der Waals surface area contributed by atoms with Gasteiger partial charge in [-0.3, -0.25) is 4.79 Å². The van der Waals surface area contributed by atoms with Gasteiger partial charge in [0.15, 0.2) is 0 Å². The summed E-state index contributed by atoms with van der Waals surface area (Å²) in [7, 11) is 0. The molecule has 0 saturated carbocycles. The molecule has 0 saturated heterocycles. The zero-order valence-electron chi connectivity index (χ0n) is 7.86. The highest BCUT2D eigenvalue weighted by molar-refractivity contribution is 7.10. The third-order valence-electron chi connectivity index (χ3n) is 1.52. The number of carbonyl (C=O) groups excluding carboxylic acids is 1. The molecule has 0 aliphatic carbocycles. The number of rotatable bonds is 3. The summed E-state index contributed by atoms with van der Waals surface area (Å²) < 4.78 is 35.4. The molecule has 1 aromatic heterocycles. The number of alkyl halides is 3. The van der Waals surface area contributed by atoms with Crippen LogP contribution >= 0.6 is 11.3 Å². The van der Waals surface area contributed by atoms with E-state index in [9.17, 15) is 18.0 Å². The lowest BCUT2D eigenvalue weighted by Gasteiger charge is -1.99. The summed E-state index contributed by atoms with van der Waals surface area (Å²) in [5, 5.41) is 10.8. The van der Waals surface area contributed by atoms with Crippen LogP contribution in [0.3, 0.4) is 0 Å². The average molecular weight is 248 g/mol. The highest BCUT2D eigenvalue weighted by atomic mass is 32.1. The van der Waals surface area contributed by atoms with E-state index in [0.717, 1.165) is 11.0 Å². The van der Waals surface area contributed by atoms with Crippen molar-refractivity contribution < 1.29 is 23.1 Å². The molecule has 0 amide bonds. The molecule has 2 nitrogen and oxygen atoms in total. The van der Waals surface area contributed by atoms with Gasteiger partial charge in [-0.25, -0.2) is 0 Å². The summed E-state index contributed by atoms with van der Waals surface area (Å²) in [5.74, 6) is -2.81. The fourth-order valence-corrected chi connectivity index (χ4v) is 1.44. The summed E-state index contributed by atoms with van der Waals surface area (Å²) in [5.41, 5.74) is 0. The largest absolute Gasteiger partial charge is 0.508 e. The van der Waals surface area contributed by atoms with Crippen LogP contribution in [0.15, 0.2) is 35.4 Å². The van der Waals surface area contributed by atoms with Crippen LogP contribution in [0, 0.1) is 0 Å². The number of hydrogen-bond acceptors (Lipinski definition) is 3. The van der Waals surface area contributed by atoms with E-state index in [1.807, 2.05) is 0 Å². The zero-order valence-corrected chi connectivity index (χ0v) is 8.68. The molecule has 1 heterocycles. The zero-order chi connectivity index (χ0) is 12.2. The van der Waals surface area contributed by atoms with Gasteiger partial charge in [0.1, 0.15) is 5.76 Å². The Hall–Kier alpha value is -1.56. The molecule has 0 bridgehead atoms. The van der Waals surface area contributed by atoms with Crippen LogP contribution in [0.2, 0.25) is 0 Å². The standard InChI is InChI=1S/C10H7F3O2S/c11-10(12,13)9(15)6-7(14)3-4-8-2-1-5-16-8/h1-6,14H. The molecule has 1 rings (SSSR count). The second-order valence-electron chi connectivity index (χ2n) is 2.78. The lowest BCUT2D eigenvalue weighted by Crippen LogP contribution is -2.20. The van der Waals surface area contributed by atoms with Gasteiger partial charge in [-0.15, -0.1) is 11.3 Å². The van der Waals surface area contributed by atoms with Crippen molar-refractivity contribution >= 4 is 23.2 Å². The molecular formula is C10H7F3O2S. The number of carbonyl (C=O) groups is 1. The number of allylic oxidation sites excluding steroid dienone is 2. The van der Waals surface area contributed by atoms with Crippen LogP contribution in [0.25, 0.3) is 6.08 Å². The van der Waals surface area contributed by atoms with Gasteiger partial charge in [0, 0.05) is 11.0 Å². The van der Waals surface area contributed by atoms with E-state index < -0.39 is 17.7 Å². The van der Waals surface area contributed by atoms with Crippen molar-refractivity contribution in [2.24, 2.45) is 0 Å². The van der Waals surface area contributed by atoms with Gasteiger partial charge < -0.3 is 5.11 Å². The third kappa shape index (κ3) is 3.90. The Morgan fingerprint density at radius 3 is 2.62 bits per heavy atom.